The number of anilines is 2. The van der Waals surface area contributed by atoms with Crippen molar-refractivity contribution in [3.8, 4) is 11.1 Å². The number of benzene rings is 3. The SMILES string of the molecule is CCCC1(CC(=O)O)CCc2cc(-c3ccc(NC(=O)Nc4cccc(C(F)(F)F)c4)cc3)ccc2C1=O. The highest BCUT2D eigenvalue weighted by Gasteiger charge is 2.43. The Morgan fingerprint density at radius 3 is 2.29 bits per heavy atom. The van der Waals surface area contributed by atoms with E-state index in [1.54, 1.807) is 30.3 Å². The number of amides is 2. The third kappa shape index (κ3) is 5.88. The second kappa shape index (κ2) is 10.7. The van der Waals surface area contributed by atoms with Crippen LogP contribution in [0.25, 0.3) is 11.1 Å². The summed E-state index contributed by atoms with van der Waals surface area (Å²) >= 11 is 0. The quantitative estimate of drug-likeness (QED) is 0.300. The summed E-state index contributed by atoms with van der Waals surface area (Å²) in [7, 11) is 0. The molecule has 0 aliphatic heterocycles. The van der Waals surface area contributed by atoms with Gasteiger partial charge in [0.1, 0.15) is 0 Å². The van der Waals surface area contributed by atoms with Gasteiger partial charge in [0.2, 0.25) is 0 Å². The molecule has 0 spiro atoms. The number of nitrogens with one attached hydrogen (secondary N) is 2. The van der Waals surface area contributed by atoms with Gasteiger partial charge in [0.05, 0.1) is 12.0 Å². The summed E-state index contributed by atoms with van der Waals surface area (Å²) < 4.78 is 38.7. The van der Waals surface area contributed by atoms with E-state index in [0.717, 1.165) is 35.2 Å². The molecule has 0 saturated heterocycles. The Labute approximate surface area is 217 Å². The van der Waals surface area contributed by atoms with Crippen molar-refractivity contribution in [3.63, 3.8) is 0 Å². The number of Topliss-reactive ketones (excluding diaryl/α,β-unsaturated/α-hetero) is 1. The Morgan fingerprint density at radius 2 is 1.63 bits per heavy atom. The lowest BCUT2D eigenvalue weighted by Crippen LogP contribution is -2.38. The minimum absolute atomic E-state index is 0.0175. The molecule has 1 unspecified atom stereocenters. The van der Waals surface area contributed by atoms with E-state index in [1.165, 1.54) is 12.1 Å². The monoisotopic (exact) mass is 524 g/mol. The second-order valence-electron chi connectivity index (χ2n) is 9.54. The van der Waals surface area contributed by atoms with E-state index < -0.39 is 29.2 Å². The van der Waals surface area contributed by atoms with Crippen molar-refractivity contribution in [2.24, 2.45) is 5.41 Å². The number of hydrogen-bond acceptors (Lipinski definition) is 3. The van der Waals surface area contributed by atoms with Gasteiger partial charge in [0.25, 0.3) is 0 Å². The largest absolute Gasteiger partial charge is 0.481 e. The van der Waals surface area contributed by atoms with Gasteiger partial charge in [-0.3, -0.25) is 9.59 Å². The zero-order valence-electron chi connectivity index (χ0n) is 20.7. The van der Waals surface area contributed by atoms with E-state index in [9.17, 15) is 32.7 Å². The Morgan fingerprint density at radius 1 is 0.947 bits per heavy atom. The zero-order valence-corrected chi connectivity index (χ0v) is 20.7. The van der Waals surface area contributed by atoms with Gasteiger partial charge in [-0.15, -0.1) is 0 Å². The maximum atomic E-state index is 13.3. The molecule has 2 amide bonds. The van der Waals surface area contributed by atoms with Crippen LogP contribution in [0.15, 0.2) is 66.7 Å². The van der Waals surface area contributed by atoms with Crippen molar-refractivity contribution < 1.29 is 32.7 Å². The Kier molecular flexibility index (Phi) is 7.57. The molecule has 198 valence electrons. The lowest BCUT2D eigenvalue weighted by Gasteiger charge is -2.35. The summed E-state index contributed by atoms with van der Waals surface area (Å²) in [5.41, 5.74) is 1.92. The predicted molar refractivity (Wildman–Crippen MR) is 138 cm³/mol. The van der Waals surface area contributed by atoms with E-state index >= 15 is 0 Å². The first kappa shape index (κ1) is 26.9. The van der Waals surface area contributed by atoms with Crippen LogP contribution in [0.5, 0.6) is 0 Å². The average molecular weight is 525 g/mol. The van der Waals surface area contributed by atoms with Gasteiger partial charge in [-0.2, -0.15) is 13.2 Å². The molecule has 1 atom stereocenters. The fourth-order valence-electron chi connectivity index (χ4n) is 5.05. The van der Waals surface area contributed by atoms with Crippen molar-refractivity contribution in [3.05, 3.63) is 83.4 Å². The minimum Gasteiger partial charge on any atom is -0.481 e. The molecule has 0 radical (unpaired) electrons. The average Bonchev–Trinajstić information content (AvgIpc) is 2.86. The Hall–Kier alpha value is -4.14. The molecule has 1 aliphatic carbocycles. The van der Waals surface area contributed by atoms with Gasteiger partial charge in [0, 0.05) is 22.4 Å². The highest BCUT2D eigenvalue weighted by Crippen LogP contribution is 2.43. The Balaban J connectivity index is 1.45. The molecule has 0 fully saturated rings. The number of ketones is 1. The maximum absolute atomic E-state index is 13.3. The minimum atomic E-state index is -4.51. The number of rotatable bonds is 7. The molecule has 6 nitrogen and oxygen atoms in total. The maximum Gasteiger partial charge on any atom is 0.416 e. The summed E-state index contributed by atoms with van der Waals surface area (Å²) in [6, 6.07) is 16.1. The van der Waals surface area contributed by atoms with Crippen LogP contribution in [0.4, 0.5) is 29.3 Å². The number of carboxylic acid groups (broad SMARTS) is 1. The molecule has 1 aliphatic rings. The molecule has 4 rings (SSSR count). The van der Waals surface area contributed by atoms with Gasteiger partial charge in [-0.1, -0.05) is 49.7 Å². The number of carbonyl (C=O) groups excluding carboxylic acids is 2. The van der Waals surface area contributed by atoms with Crippen LogP contribution in [-0.4, -0.2) is 22.9 Å². The summed E-state index contributed by atoms with van der Waals surface area (Å²) in [5, 5.41) is 14.4. The number of aryl methyl sites for hydroxylation is 1. The summed E-state index contributed by atoms with van der Waals surface area (Å²) in [5.74, 6) is -1.08. The van der Waals surface area contributed by atoms with Gasteiger partial charge < -0.3 is 15.7 Å². The predicted octanol–water partition coefficient (Wildman–Crippen LogP) is 7.41. The standard InChI is InChI=1S/C29H27F3N2O4/c1-2-13-28(17-25(35)36)14-12-20-15-19(8-11-24(20)26(28)37)18-6-9-22(10-7-18)33-27(38)34-23-5-3-4-21(16-23)29(30,31)32/h3-11,15-16H,2,12-14,17H2,1H3,(H,35,36)(H2,33,34,38). The summed E-state index contributed by atoms with van der Waals surface area (Å²) in [6.07, 6.45) is -2.31. The first-order valence-electron chi connectivity index (χ1n) is 12.3. The third-order valence-corrected chi connectivity index (χ3v) is 6.85. The van der Waals surface area contributed by atoms with Crippen LogP contribution in [0, 0.1) is 5.41 Å². The van der Waals surface area contributed by atoms with Crippen LogP contribution in [0.3, 0.4) is 0 Å². The topological polar surface area (TPSA) is 95.5 Å². The van der Waals surface area contributed by atoms with Crippen molar-refractivity contribution >= 4 is 29.2 Å². The van der Waals surface area contributed by atoms with E-state index in [1.807, 2.05) is 19.1 Å². The number of carbonyl (C=O) groups is 3. The number of urea groups is 1. The molecule has 38 heavy (non-hydrogen) atoms. The van der Waals surface area contributed by atoms with Crippen LogP contribution in [-0.2, 0) is 17.4 Å². The van der Waals surface area contributed by atoms with Gasteiger partial charge in [-0.25, -0.2) is 4.79 Å². The molecule has 0 saturated carbocycles. The van der Waals surface area contributed by atoms with Crippen LogP contribution in [0.1, 0.15) is 54.1 Å². The highest BCUT2D eigenvalue weighted by atomic mass is 19.4. The number of aliphatic carboxylic acids is 1. The molecular formula is C29H27F3N2O4. The fourth-order valence-corrected chi connectivity index (χ4v) is 5.05. The second-order valence-corrected chi connectivity index (χ2v) is 9.54. The molecule has 9 heteroatoms. The molecule has 0 bridgehead atoms. The van der Waals surface area contributed by atoms with Crippen molar-refractivity contribution in [2.45, 2.75) is 45.2 Å². The summed E-state index contributed by atoms with van der Waals surface area (Å²) in [4.78, 5) is 37.0. The van der Waals surface area contributed by atoms with Crippen molar-refractivity contribution in [1.82, 2.24) is 0 Å². The first-order chi connectivity index (χ1) is 18.0. The van der Waals surface area contributed by atoms with E-state index in [2.05, 4.69) is 10.6 Å². The van der Waals surface area contributed by atoms with Crippen LogP contribution < -0.4 is 10.6 Å². The van der Waals surface area contributed by atoms with E-state index in [-0.39, 0.29) is 17.9 Å². The number of halogens is 3. The summed E-state index contributed by atoms with van der Waals surface area (Å²) in [6.45, 7) is 1.95. The molecule has 3 N–H and O–H groups in total. The number of carboxylic acids is 1. The Bertz CT molecular complexity index is 1370. The number of alkyl halides is 3. The highest BCUT2D eigenvalue weighted by molar-refractivity contribution is 6.04. The van der Waals surface area contributed by atoms with E-state index in [4.69, 9.17) is 0 Å². The molecule has 3 aromatic carbocycles. The molecular weight excluding hydrogens is 497 g/mol. The van der Waals surface area contributed by atoms with E-state index in [0.29, 0.717) is 30.5 Å². The zero-order chi connectivity index (χ0) is 27.5. The van der Waals surface area contributed by atoms with Crippen molar-refractivity contribution in [2.75, 3.05) is 10.6 Å². The lowest BCUT2D eigenvalue weighted by atomic mass is 9.66. The third-order valence-electron chi connectivity index (χ3n) is 6.85. The van der Waals surface area contributed by atoms with Gasteiger partial charge in [0.15, 0.2) is 5.78 Å². The molecule has 3 aromatic rings. The first-order valence-corrected chi connectivity index (χ1v) is 12.3. The normalized spacial score (nSPS) is 17.0. The molecule has 0 heterocycles. The fraction of sp³-hybridized carbons (Fsp3) is 0.276. The van der Waals surface area contributed by atoms with Gasteiger partial charge >= 0.3 is 18.2 Å². The number of hydrogen-bond donors (Lipinski definition) is 3. The lowest BCUT2D eigenvalue weighted by molar-refractivity contribution is -0.139. The van der Waals surface area contributed by atoms with Crippen LogP contribution in [0.2, 0.25) is 0 Å². The van der Waals surface area contributed by atoms with Crippen LogP contribution >= 0.6 is 0 Å². The molecule has 0 aromatic heterocycles. The smallest absolute Gasteiger partial charge is 0.416 e. The number of fused-ring (bicyclic) bond motifs is 1. The van der Waals surface area contributed by atoms with Crippen molar-refractivity contribution in [1.29, 1.82) is 0 Å². The van der Waals surface area contributed by atoms with Gasteiger partial charge in [-0.05, 0) is 66.3 Å².